The van der Waals surface area contributed by atoms with Crippen LogP contribution in [0.4, 0.5) is 0 Å². The first-order chi connectivity index (χ1) is 14.4. The van der Waals surface area contributed by atoms with Crippen molar-refractivity contribution < 1.29 is 14.7 Å². The lowest BCUT2D eigenvalue weighted by Gasteiger charge is -2.40. The minimum Gasteiger partial charge on any atom is -0.508 e. The highest BCUT2D eigenvalue weighted by Gasteiger charge is 2.36. The normalized spacial score (nSPS) is 20.0. The molecule has 1 unspecified atom stereocenters. The minimum absolute atomic E-state index is 0.0638. The van der Waals surface area contributed by atoms with Crippen LogP contribution < -0.4 is 5.73 Å². The number of rotatable bonds is 4. The minimum atomic E-state index is -0.330. The number of carbonyl (C=O) groups is 2. The maximum atomic E-state index is 13.5. The summed E-state index contributed by atoms with van der Waals surface area (Å²) in [5.74, 6) is -0.201. The van der Waals surface area contributed by atoms with Gasteiger partial charge in [-0.3, -0.25) is 14.5 Å². The van der Waals surface area contributed by atoms with Gasteiger partial charge in [0.15, 0.2) is 0 Å². The third-order valence-electron chi connectivity index (χ3n) is 6.25. The molecule has 0 aromatic heterocycles. The second-order valence-electron chi connectivity index (χ2n) is 8.17. The van der Waals surface area contributed by atoms with Crippen molar-refractivity contribution in [3.05, 3.63) is 64.2 Å². The second-order valence-corrected chi connectivity index (χ2v) is 8.61. The third kappa shape index (κ3) is 4.30. The summed E-state index contributed by atoms with van der Waals surface area (Å²) in [6, 6.07) is 12.8. The molecule has 1 atom stereocenters. The van der Waals surface area contributed by atoms with Crippen LogP contribution in [0.5, 0.6) is 5.75 Å². The van der Waals surface area contributed by atoms with Crippen LogP contribution in [0.25, 0.3) is 0 Å². The first kappa shape index (κ1) is 20.7. The van der Waals surface area contributed by atoms with Gasteiger partial charge >= 0.3 is 0 Å². The molecule has 4 rings (SSSR count). The first-order valence-electron chi connectivity index (χ1n) is 10.3. The smallest absolute Gasteiger partial charge is 0.240 e. The Morgan fingerprint density at radius 2 is 1.80 bits per heavy atom. The summed E-state index contributed by atoms with van der Waals surface area (Å²) >= 11 is 6.13. The fraction of sp³-hybridized carbons (Fsp3) is 0.391. The van der Waals surface area contributed by atoms with E-state index < -0.39 is 0 Å². The molecular weight excluding hydrogens is 402 g/mol. The van der Waals surface area contributed by atoms with Gasteiger partial charge in [0.25, 0.3) is 0 Å². The SMILES string of the molecule is NC(=O)C1CCN(C(=O)C2Cc3ccccc3CN2Cc2cc(Cl)ccc2O)CC1. The molecule has 1 fully saturated rings. The van der Waals surface area contributed by atoms with Crippen molar-refractivity contribution in [1.29, 1.82) is 0 Å². The van der Waals surface area contributed by atoms with Crippen molar-refractivity contribution in [3.8, 4) is 5.75 Å². The predicted octanol–water partition coefficient (Wildman–Crippen LogP) is 2.70. The lowest BCUT2D eigenvalue weighted by atomic mass is 9.91. The molecular formula is C23H26ClN3O3. The van der Waals surface area contributed by atoms with Gasteiger partial charge in [-0.25, -0.2) is 0 Å². The third-order valence-corrected chi connectivity index (χ3v) is 6.49. The van der Waals surface area contributed by atoms with Crippen molar-refractivity contribution >= 4 is 23.4 Å². The average molecular weight is 428 g/mol. The molecule has 2 aromatic carbocycles. The maximum Gasteiger partial charge on any atom is 0.240 e. The number of hydrogen-bond acceptors (Lipinski definition) is 4. The number of nitrogens with zero attached hydrogens (tertiary/aromatic N) is 2. The highest BCUT2D eigenvalue weighted by Crippen LogP contribution is 2.30. The quantitative estimate of drug-likeness (QED) is 0.785. The van der Waals surface area contributed by atoms with E-state index in [4.69, 9.17) is 17.3 Å². The molecule has 2 aliphatic rings. The largest absolute Gasteiger partial charge is 0.508 e. The molecule has 0 radical (unpaired) electrons. The van der Waals surface area contributed by atoms with Crippen LogP contribution in [0.1, 0.15) is 29.5 Å². The molecule has 0 saturated carbocycles. The summed E-state index contributed by atoms with van der Waals surface area (Å²) in [5, 5.41) is 10.8. The number of primary amides is 1. The Balaban J connectivity index is 1.57. The summed E-state index contributed by atoms with van der Waals surface area (Å²) in [6.45, 7) is 2.13. The van der Waals surface area contributed by atoms with Crippen molar-refractivity contribution in [3.63, 3.8) is 0 Å². The van der Waals surface area contributed by atoms with Crippen LogP contribution in [0.2, 0.25) is 5.02 Å². The zero-order chi connectivity index (χ0) is 21.3. The molecule has 2 aromatic rings. The number of hydrogen-bond donors (Lipinski definition) is 2. The van der Waals surface area contributed by atoms with Crippen LogP contribution in [-0.4, -0.2) is 45.9 Å². The topological polar surface area (TPSA) is 86.9 Å². The van der Waals surface area contributed by atoms with Crippen LogP contribution in [0, 0.1) is 5.92 Å². The van der Waals surface area contributed by atoms with E-state index in [2.05, 4.69) is 17.0 Å². The number of fused-ring (bicyclic) bond motifs is 1. The van der Waals surface area contributed by atoms with Crippen molar-refractivity contribution in [2.45, 2.75) is 38.4 Å². The molecule has 158 valence electrons. The first-order valence-corrected chi connectivity index (χ1v) is 10.7. The van der Waals surface area contributed by atoms with Gasteiger partial charge in [-0.1, -0.05) is 35.9 Å². The van der Waals surface area contributed by atoms with Gasteiger partial charge in [-0.05, 0) is 48.6 Å². The van der Waals surface area contributed by atoms with E-state index >= 15 is 0 Å². The summed E-state index contributed by atoms with van der Waals surface area (Å²) in [4.78, 5) is 28.9. The zero-order valence-corrected chi connectivity index (χ0v) is 17.5. The fourth-order valence-corrected chi connectivity index (χ4v) is 4.68. The molecule has 2 heterocycles. The predicted molar refractivity (Wildman–Crippen MR) is 115 cm³/mol. The molecule has 0 aliphatic carbocycles. The number of phenols is 1. The van der Waals surface area contributed by atoms with E-state index in [1.165, 1.54) is 11.1 Å². The standard InChI is InChI=1S/C23H26ClN3O3/c24-19-5-6-21(28)18(11-19)14-27-13-17-4-2-1-3-16(17)12-20(27)23(30)26-9-7-15(8-10-26)22(25)29/h1-6,11,15,20,28H,7-10,12-14H2,(H2,25,29). The molecule has 3 N–H and O–H groups in total. The van der Waals surface area contributed by atoms with Gasteiger partial charge in [-0.15, -0.1) is 0 Å². The van der Waals surface area contributed by atoms with Crippen molar-refractivity contribution in [2.75, 3.05) is 13.1 Å². The van der Waals surface area contributed by atoms with Gasteiger partial charge in [-0.2, -0.15) is 0 Å². The number of benzene rings is 2. The van der Waals surface area contributed by atoms with Gasteiger partial charge in [0, 0.05) is 42.7 Å². The van der Waals surface area contributed by atoms with Crippen molar-refractivity contribution in [2.24, 2.45) is 11.7 Å². The summed E-state index contributed by atoms with van der Waals surface area (Å²) < 4.78 is 0. The number of amides is 2. The molecule has 0 spiro atoms. The number of halogens is 1. The summed E-state index contributed by atoms with van der Waals surface area (Å²) in [7, 11) is 0. The number of carbonyl (C=O) groups excluding carboxylic acids is 2. The van der Waals surface area contributed by atoms with Crippen LogP contribution in [0.15, 0.2) is 42.5 Å². The molecule has 7 heteroatoms. The molecule has 2 amide bonds. The highest BCUT2D eigenvalue weighted by molar-refractivity contribution is 6.30. The van der Waals surface area contributed by atoms with Gasteiger partial charge in [0.2, 0.25) is 11.8 Å². The van der Waals surface area contributed by atoms with E-state index in [1.54, 1.807) is 18.2 Å². The van der Waals surface area contributed by atoms with Gasteiger partial charge < -0.3 is 15.7 Å². The lowest BCUT2D eigenvalue weighted by Crippen LogP contribution is -2.53. The zero-order valence-electron chi connectivity index (χ0n) is 16.8. The van der Waals surface area contributed by atoms with E-state index in [9.17, 15) is 14.7 Å². The second kappa shape index (κ2) is 8.66. The average Bonchev–Trinajstić information content (AvgIpc) is 2.75. The van der Waals surface area contributed by atoms with Gasteiger partial charge in [0.1, 0.15) is 5.75 Å². The number of piperidine rings is 1. The van der Waals surface area contributed by atoms with Crippen LogP contribution in [0.3, 0.4) is 0 Å². The fourth-order valence-electron chi connectivity index (χ4n) is 4.48. The van der Waals surface area contributed by atoms with E-state index in [0.29, 0.717) is 56.0 Å². The number of phenolic OH excluding ortho intramolecular Hbond substituents is 1. The Morgan fingerprint density at radius 1 is 1.10 bits per heavy atom. The number of likely N-dealkylation sites (tertiary alicyclic amines) is 1. The summed E-state index contributed by atoms with van der Waals surface area (Å²) in [5.41, 5.74) is 8.50. The molecule has 6 nitrogen and oxygen atoms in total. The Bertz CT molecular complexity index is 956. The number of aromatic hydroxyl groups is 1. The van der Waals surface area contributed by atoms with E-state index in [0.717, 1.165) is 0 Å². The maximum absolute atomic E-state index is 13.5. The summed E-state index contributed by atoms with van der Waals surface area (Å²) in [6.07, 6.45) is 1.84. The highest BCUT2D eigenvalue weighted by atomic mass is 35.5. The molecule has 0 bridgehead atoms. The Kier molecular flexibility index (Phi) is 5.97. The monoisotopic (exact) mass is 427 g/mol. The molecule has 1 saturated heterocycles. The number of nitrogens with two attached hydrogens (primary N) is 1. The Hall–Kier alpha value is -2.57. The van der Waals surface area contributed by atoms with Gasteiger partial charge in [0.05, 0.1) is 6.04 Å². The van der Waals surface area contributed by atoms with Crippen molar-refractivity contribution in [1.82, 2.24) is 9.80 Å². The van der Waals surface area contributed by atoms with Crippen LogP contribution in [-0.2, 0) is 29.1 Å². The lowest BCUT2D eigenvalue weighted by molar-refractivity contribution is -0.140. The Labute approximate surface area is 181 Å². The molecule has 30 heavy (non-hydrogen) atoms. The van der Waals surface area contributed by atoms with E-state index in [1.807, 2.05) is 17.0 Å². The molecule has 2 aliphatic heterocycles. The van der Waals surface area contributed by atoms with Crippen LogP contribution >= 0.6 is 11.6 Å². The Morgan fingerprint density at radius 3 is 2.50 bits per heavy atom. The van der Waals surface area contributed by atoms with E-state index in [-0.39, 0.29) is 29.5 Å².